The largest absolute Gasteiger partial charge is 0.490 e. The SMILES string of the molecule is COCCOc1ccc(C(=O)NNC(=O)C(C)Oc2ccc(C)c(C)c2)cc1Br. The number of halogens is 1. The van der Waals surface area contributed by atoms with Gasteiger partial charge in [0, 0.05) is 12.7 Å². The van der Waals surface area contributed by atoms with E-state index in [2.05, 4.69) is 26.8 Å². The van der Waals surface area contributed by atoms with Crippen LogP contribution < -0.4 is 20.3 Å². The number of aryl methyl sites for hydroxylation is 2. The molecule has 0 spiro atoms. The van der Waals surface area contributed by atoms with Gasteiger partial charge in [-0.3, -0.25) is 20.4 Å². The first-order valence-electron chi connectivity index (χ1n) is 9.07. The van der Waals surface area contributed by atoms with Crippen LogP contribution in [0.5, 0.6) is 11.5 Å². The van der Waals surface area contributed by atoms with Crippen molar-refractivity contribution in [2.24, 2.45) is 0 Å². The Hall–Kier alpha value is -2.58. The molecule has 0 aromatic heterocycles. The van der Waals surface area contributed by atoms with Gasteiger partial charge < -0.3 is 14.2 Å². The Morgan fingerprint density at radius 2 is 1.79 bits per heavy atom. The number of amides is 2. The number of hydrogen-bond acceptors (Lipinski definition) is 5. The molecule has 0 aliphatic carbocycles. The van der Waals surface area contributed by atoms with Crippen LogP contribution in [0.1, 0.15) is 28.4 Å². The number of rotatable bonds is 8. The number of hydrazine groups is 1. The van der Waals surface area contributed by atoms with Gasteiger partial charge in [0.05, 0.1) is 11.1 Å². The van der Waals surface area contributed by atoms with Crippen LogP contribution in [0.25, 0.3) is 0 Å². The number of benzene rings is 2. The molecule has 1 atom stereocenters. The van der Waals surface area contributed by atoms with Gasteiger partial charge in [0.1, 0.15) is 18.1 Å². The monoisotopic (exact) mass is 464 g/mol. The van der Waals surface area contributed by atoms with E-state index in [1.165, 1.54) is 0 Å². The minimum atomic E-state index is -0.777. The number of nitrogens with one attached hydrogen (secondary N) is 2. The highest BCUT2D eigenvalue weighted by molar-refractivity contribution is 9.10. The quantitative estimate of drug-likeness (QED) is 0.462. The third-order valence-corrected chi connectivity index (χ3v) is 4.82. The van der Waals surface area contributed by atoms with E-state index in [0.29, 0.717) is 34.7 Å². The molecule has 2 aromatic carbocycles. The average Bonchev–Trinajstić information content (AvgIpc) is 2.69. The highest BCUT2D eigenvalue weighted by Crippen LogP contribution is 2.26. The number of ether oxygens (including phenoxy) is 3. The van der Waals surface area contributed by atoms with Crippen molar-refractivity contribution in [1.82, 2.24) is 10.9 Å². The van der Waals surface area contributed by atoms with Crippen molar-refractivity contribution < 1.29 is 23.8 Å². The van der Waals surface area contributed by atoms with E-state index in [1.54, 1.807) is 38.3 Å². The minimum Gasteiger partial charge on any atom is -0.490 e. The molecule has 2 rings (SSSR count). The van der Waals surface area contributed by atoms with Crippen LogP contribution in [0.4, 0.5) is 0 Å². The van der Waals surface area contributed by atoms with Crippen molar-refractivity contribution in [2.45, 2.75) is 26.9 Å². The van der Waals surface area contributed by atoms with Crippen LogP contribution in [0.2, 0.25) is 0 Å². The van der Waals surface area contributed by atoms with Gasteiger partial charge in [-0.1, -0.05) is 6.07 Å². The molecule has 2 aromatic rings. The van der Waals surface area contributed by atoms with Crippen molar-refractivity contribution in [3.63, 3.8) is 0 Å². The molecule has 0 heterocycles. The lowest BCUT2D eigenvalue weighted by Crippen LogP contribution is -2.47. The van der Waals surface area contributed by atoms with E-state index in [9.17, 15) is 9.59 Å². The van der Waals surface area contributed by atoms with E-state index in [0.717, 1.165) is 11.1 Å². The number of methoxy groups -OCH3 is 1. The third-order valence-electron chi connectivity index (χ3n) is 4.20. The normalized spacial score (nSPS) is 11.5. The summed E-state index contributed by atoms with van der Waals surface area (Å²) in [5, 5.41) is 0. The van der Waals surface area contributed by atoms with Crippen molar-refractivity contribution in [1.29, 1.82) is 0 Å². The molecule has 2 amide bonds. The van der Waals surface area contributed by atoms with Crippen LogP contribution in [0, 0.1) is 13.8 Å². The fraction of sp³-hybridized carbons (Fsp3) is 0.333. The predicted octanol–water partition coefficient (Wildman–Crippen LogP) is 3.32. The van der Waals surface area contributed by atoms with Crippen molar-refractivity contribution in [3.05, 3.63) is 57.6 Å². The van der Waals surface area contributed by atoms with E-state index < -0.39 is 17.9 Å². The molecular weight excluding hydrogens is 440 g/mol. The van der Waals surface area contributed by atoms with Gasteiger partial charge in [0.15, 0.2) is 6.10 Å². The summed E-state index contributed by atoms with van der Waals surface area (Å²) in [4.78, 5) is 24.5. The van der Waals surface area contributed by atoms with Crippen LogP contribution >= 0.6 is 15.9 Å². The maximum absolute atomic E-state index is 12.3. The zero-order valence-corrected chi connectivity index (χ0v) is 18.5. The lowest BCUT2D eigenvalue weighted by atomic mass is 10.1. The summed E-state index contributed by atoms with van der Waals surface area (Å²) in [5.41, 5.74) is 7.34. The molecule has 0 saturated carbocycles. The Morgan fingerprint density at radius 1 is 1.03 bits per heavy atom. The summed E-state index contributed by atoms with van der Waals surface area (Å²) in [7, 11) is 1.59. The molecule has 2 N–H and O–H groups in total. The zero-order chi connectivity index (χ0) is 21.4. The number of carbonyl (C=O) groups is 2. The molecule has 0 fully saturated rings. The molecule has 0 aliphatic heterocycles. The maximum atomic E-state index is 12.3. The predicted molar refractivity (Wildman–Crippen MR) is 113 cm³/mol. The number of carbonyl (C=O) groups excluding carboxylic acids is 2. The molecule has 0 aliphatic rings. The molecule has 29 heavy (non-hydrogen) atoms. The van der Waals surface area contributed by atoms with Gasteiger partial charge in [-0.15, -0.1) is 0 Å². The van der Waals surface area contributed by atoms with Crippen molar-refractivity contribution in [2.75, 3.05) is 20.3 Å². The third kappa shape index (κ3) is 6.76. The fourth-order valence-corrected chi connectivity index (χ4v) is 2.82. The van der Waals surface area contributed by atoms with Crippen molar-refractivity contribution >= 4 is 27.7 Å². The standard InChI is InChI=1S/C21H25BrN2O5/c1-13-5-7-17(11-14(13)2)29-15(3)20(25)23-24-21(26)16-6-8-19(18(22)12-16)28-10-9-27-4/h5-8,11-12,15H,9-10H2,1-4H3,(H,23,25)(H,24,26). The van der Waals surface area contributed by atoms with E-state index >= 15 is 0 Å². The highest BCUT2D eigenvalue weighted by Gasteiger charge is 2.17. The van der Waals surface area contributed by atoms with E-state index in [1.807, 2.05) is 26.0 Å². The second kappa shape index (κ2) is 10.8. The second-order valence-electron chi connectivity index (χ2n) is 6.44. The maximum Gasteiger partial charge on any atom is 0.279 e. The zero-order valence-electron chi connectivity index (χ0n) is 16.9. The Morgan fingerprint density at radius 3 is 2.45 bits per heavy atom. The topological polar surface area (TPSA) is 85.9 Å². The van der Waals surface area contributed by atoms with Crippen LogP contribution in [-0.2, 0) is 9.53 Å². The lowest BCUT2D eigenvalue weighted by molar-refractivity contribution is -0.128. The molecule has 156 valence electrons. The molecular formula is C21H25BrN2O5. The van der Waals surface area contributed by atoms with Crippen LogP contribution in [0.15, 0.2) is 40.9 Å². The summed E-state index contributed by atoms with van der Waals surface area (Å²) in [6.07, 6.45) is -0.777. The summed E-state index contributed by atoms with van der Waals surface area (Å²) < 4.78 is 16.7. The molecule has 1 unspecified atom stereocenters. The van der Waals surface area contributed by atoms with Gasteiger partial charge in [-0.25, -0.2) is 0 Å². The Balaban J connectivity index is 1.88. The lowest BCUT2D eigenvalue weighted by Gasteiger charge is -2.16. The Labute approximate surface area is 178 Å². The average molecular weight is 465 g/mol. The van der Waals surface area contributed by atoms with Gasteiger partial charge in [-0.2, -0.15) is 0 Å². The summed E-state index contributed by atoms with van der Waals surface area (Å²) in [6, 6.07) is 10.5. The highest BCUT2D eigenvalue weighted by atomic mass is 79.9. The Kier molecular flexibility index (Phi) is 8.48. The van der Waals surface area contributed by atoms with Gasteiger partial charge >= 0.3 is 0 Å². The van der Waals surface area contributed by atoms with Crippen molar-refractivity contribution in [3.8, 4) is 11.5 Å². The smallest absolute Gasteiger partial charge is 0.279 e. The minimum absolute atomic E-state index is 0.360. The summed E-state index contributed by atoms with van der Waals surface area (Å²) in [5.74, 6) is 0.268. The second-order valence-corrected chi connectivity index (χ2v) is 7.29. The van der Waals surface area contributed by atoms with Gasteiger partial charge in [-0.05, 0) is 78.2 Å². The molecule has 0 bridgehead atoms. The first-order valence-corrected chi connectivity index (χ1v) is 9.86. The molecule has 7 nitrogen and oxygen atoms in total. The molecule has 0 saturated heterocycles. The van der Waals surface area contributed by atoms with Crippen LogP contribution in [0.3, 0.4) is 0 Å². The Bertz CT molecular complexity index is 872. The molecule has 0 radical (unpaired) electrons. The summed E-state index contributed by atoms with van der Waals surface area (Å²) in [6.45, 7) is 6.44. The number of hydrogen-bond donors (Lipinski definition) is 2. The van der Waals surface area contributed by atoms with Crippen LogP contribution in [-0.4, -0.2) is 38.2 Å². The molecule has 8 heteroatoms. The van der Waals surface area contributed by atoms with E-state index in [-0.39, 0.29) is 0 Å². The fourth-order valence-electron chi connectivity index (χ4n) is 2.33. The van der Waals surface area contributed by atoms with E-state index in [4.69, 9.17) is 14.2 Å². The summed E-state index contributed by atoms with van der Waals surface area (Å²) >= 11 is 3.37. The van der Waals surface area contributed by atoms with Gasteiger partial charge in [0.25, 0.3) is 11.8 Å². The first kappa shape index (κ1) is 22.7. The first-order chi connectivity index (χ1) is 13.8. The van der Waals surface area contributed by atoms with Gasteiger partial charge in [0.2, 0.25) is 0 Å².